The highest BCUT2D eigenvalue weighted by Gasteiger charge is 2.60. The maximum absolute atomic E-state index is 12.5. The Kier molecular flexibility index (Phi) is 4.71. The molecule has 0 saturated heterocycles. The van der Waals surface area contributed by atoms with Gasteiger partial charge >= 0.3 is 5.97 Å². The zero-order valence-corrected chi connectivity index (χ0v) is 14.7. The van der Waals surface area contributed by atoms with E-state index in [1.54, 1.807) is 19.1 Å². The second-order valence-corrected chi connectivity index (χ2v) is 7.10. The zero-order chi connectivity index (χ0) is 18.9. The molecule has 0 aromatic heterocycles. The van der Waals surface area contributed by atoms with E-state index in [9.17, 15) is 19.5 Å². The Morgan fingerprint density at radius 3 is 2.54 bits per heavy atom. The number of carbonyl (C=O) groups is 3. The van der Waals surface area contributed by atoms with Crippen molar-refractivity contribution in [3.8, 4) is 5.75 Å². The van der Waals surface area contributed by atoms with Crippen LogP contribution in [0.5, 0.6) is 5.75 Å². The first-order valence-corrected chi connectivity index (χ1v) is 8.52. The van der Waals surface area contributed by atoms with Gasteiger partial charge in [-0.2, -0.15) is 0 Å². The Bertz CT molecular complexity index is 758. The van der Waals surface area contributed by atoms with E-state index >= 15 is 0 Å². The highest BCUT2D eigenvalue weighted by Crippen LogP contribution is 2.56. The lowest BCUT2D eigenvalue weighted by Gasteiger charge is -2.33. The molecule has 2 bridgehead atoms. The molecule has 2 amide bonds. The minimum atomic E-state index is -1.16. The highest BCUT2D eigenvalue weighted by atomic mass is 16.5. The maximum Gasteiger partial charge on any atom is 0.310 e. The molecule has 1 aromatic carbocycles. The van der Waals surface area contributed by atoms with Gasteiger partial charge in [0.15, 0.2) is 6.61 Å². The summed E-state index contributed by atoms with van der Waals surface area (Å²) in [5, 5.41) is 9.60. The van der Waals surface area contributed by atoms with Gasteiger partial charge in [0.25, 0.3) is 5.91 Å². The van der Waals surface area contributed by atoms with Gasteiger partial charge in [0.2, 0.25) is 5.91 Å². The molecule has 0 unspecified atom stereocenters. The summed E-state index contributed by atoms with van der Waals surface area (Å²) in [6.07, 6.45) is 4.41. The maximum atomic E-state index is 12.5. The Balaban J connectivity index is 1.53. The number of ether oxygens (including phenoxy) is 1. The number of carboxylic acid groups (broad SMARTS) is 1. The van der Waals surface area contributed by atoms with Crippen molar-refractivity contribution in [3.05, 3.63) is 42.0 Å². The average Bonchev–Trinajstić information content (AvgIpc) is 3.19. The largest absolute Gasteiger partial charge is 0.484 e. The van der Waals surface area contributed by atoms with Gasteiger partial charge in [-0.3, -0.25) is 25.2 Å². The standard InChI is InChI=1S/C19H22N2O5/c1-11-3-7-14(8-4-11)26-10-15(22)20-21-17(23)16-12-5-6-13(9-12)19(16,2)18(24)25/h3-8,12-13,16H,9-10H2,1-2H3,(H,20,22)(H,21,23)(H,24,25)/t12-,13-,16-,19+/m0/s1. The molecule has 1 fully saturated rings. The van der Waals surface area contributed by atoms with E-state index in [1.165, 1.54) is 0 Å². The van der Waals surface area contributed by atoms with E-state index in [2.05, 4.69) is 10.9 Å². The summed E-state index contributed by atoms with van der Waals surface area (Å²) < 4.78 is 5.34. The van der Waals surface area contributed by atoms with Gasteiger partial charge in [-0.05, 0) is 44.2 Å². The quantitative estimate of drug-likeness (QED) is 0.546. The van der Waals surface area contributed by atoms with Crippen molar-refractivity contribution in [1.82, 2.24) is 10.9 Å². The number of hydrogen-bond donors (Lipinski definition) is 3. The molecule has 26 heavy (non-hydrogen) atoms. The number of allylic oxidation sites excluding steroid dienone is 2. The first-order chi connectivity index (χ1) is 12.3. The molecule has 1 saturated carbocycles. The lowest BCUT2D eigenvalue weighted by atomic mass is 9.69. The second kappa shape index (κ2) is 6.82. The summed E-state index contributed by atoms with van der Waals surface area (Å²) in [7, 11) is 0. The van der Waals surface area contributed by atoms with E-state index in [4.69, 9.17) is 4.74 Å². The zero-order valence-electron chi connectivity index (χ0n) is 14.7. The van der Waals surface area contributed by atoms with Crippen LogP contribution in [0.15, 0.2) is 36.4 Å². The summed E-state index contributed by atoms with van der Waals surface area (Å²) in [5.74, 6) is -2.46. The number of benzene rings is 1. The fraction of sp³-hybridized carbons (Fsp3) is 0.421. The van der Waals surface area contributed by atoms with Gasteiger partial charge in [0.05, 0.1) is 11.3 Å². The molecule has 2 aliphatic carbocycles. The van der Waals surface area contributed by atoms with Crippen molar-refractivity contribution < 1.29 is 24.2 Å². The Labute approximate surface area is 151 Å². The molecule has 138 valence electrons. The number of hydrogen-bond acceptors (Lipinski definition) is 4. The average molecular weight is 358 g/mol. The number of carbonyl (C=O) groups excluding carboxylic acids is 2. The lowest BCUT2D eigenvalue weighted by Crippen LogP contribution is -2.52. The number of nitrogens with one attached hydrogen (secondary N) is 2. The van der Waals surface area contributed by atoms with Crippen molar-refractivity contribution in [1.29, 1.82) is 0 Å². The molecule has 7 nitrogen and oxygen atoms in total. The van der Waals surface area contributed by atoms with E-state index in [0.717, 1.165) is 5.56 Å². The van der Waals surface area contributed by atoms with Crippen LogP contribution in [0.4, 0.5) is 0 Å². The number of amides is 2. The van der Waals surface area contributed by atoms with Gasteiger partial charge in [0.1, 0.15) is 5.75 Å². The van der Waals surface area contributed by atoms with Crippen LogP contribution in [-0.2, 0) is 14.4 Å². The fourth-order valence-corrected chi connectivity index (χ4v) is 3.88. The number of carboxylic acids is 1. The van der Waals surface area contributed by atoms with Crippen molar-refractivity contribution in [2.75, 3.05) is 6.61 Å². The molecular formula is C19H22N2O5. The molecule has 7 heteroatoms. The summed E-state index contributed by atoms with van der Waals surface area (Å²) in [4.78, 5) is 36.1. The summed E-state index contributed by atoms with van der Waals surface area (Å²) in [6.45, 7) is 3.29. The van der Waals surface area contributed by atoms with Gasteiger partial charge in [0, 0.05) is 0 Å². The Morgan fingerprint density at radius 2 is 1.88 bits per heavy atom. The monoisotopic (exact) mass is 358 g/mol. The lowest BCUT2D eigenvalue weighted by molar-refractivity contribution is -0.156. The molecule has 2 aliphatic rings. The number of rotatable bonds is 5. The van der Waals surface area contributed by atoms with Crippen LogP contribution in [0.2, 0.25) is 0 Å². The summed E-state index contributed by atoms with van der Waals surface area (Å²) in [5.41, 5.74) is 4.56. The third-order valence-electron chi connectivity index (χ3n) is 5.42. The molecule has 3 rings (SSSR count). The topological polar surface area (TPSA) is 105 Å². The van der Waals surface area contributed by atoms with Crippen LogP contribution in [0.25, 0.3) is 0 Å². The van der Waals surface area contributed by atoms with Gasteiger partial charge < -0.3 is 9.84 Å². The number of fused-ring (bicyclic) bond motifs is 2. The molecule has 0 heterocycles. The predicted molar refractivity (Wildman–Crippen MR) is 92.9 cm³/mol. The third kappa shape index (κ3) is 3.16. The minimum absolute atomic E-state index is 0.123. The van der Waals surface area contributed by atoms with E-state index in [-0.39, 0.29) is 18.4 Å². The predicted octanol–water partition coefficient (Wildman–Crippen LogP) is 1.43. The minimum Gasteiger partial charge on any atom is -0.484 e. The summed E-state index contributed by atoms with van der Waals surface area (Å²) >= 11 is 0. The third-order valence-corrected chi connectivity index (χ3v) is 5.42. The Hall–Kier alpha value is -2.83. The van der Waals surface area contributed by atoms with Crippen molar-refractivity contribution >= 4 is 17.8 Å². The van der Waals surface area contributed by atoms with E-state index in [1.807, 2.05) is 31.2 Å². The normalized spacial score (nSPS) is 28.6. The number of aliphatic carboxylic acids is 1. The van der Waals surface area contributed by atoms with Crippen LogP contribution in [0.1, 0.15) is 18.9 Å². The first kappa shape index (κ1) is 18.0. The van der Waals surface area contributed by atoms with Gasteiger partial charge in [-0.15, -0.1) is 0 Å². The van der Waals surface area contributed by atoms with Crippen molar-refractivity contribution in [2.24, 2.45) is 23.2 Å². The molecule has 1 aromatic rings. The number of aryl methyl sites for hydroxylation is 1. The molecule has 0 radical (unpaired) electrons. The smallest absolute Gasteiger partial charge is 0.310 e. The van der Waals surface area contributed by atoms with Crippen molar-refractivity contribution in [2.45, 2.75) is 20.3 Å². The van der Waals surface area contributed by atoms with E-state index in [0.29, 0.717) is 12.2 Å². The number of hydrazine groups is 1. The van der Waals surface area contributed by atoms with E-state index < -0.39 is 29.1 Å². The van der Waals surface area contributed by atoms with Gasteiger partial charge in [-0.25, -0.2) is 0 Å². The fourth-order valence-electron chi connectivity index (χ4n) is 3.88. The molecule has 4 atom stereocenters. The first-order valence-electron chi connectivity index (χ1n) is 8.52. The summed E-state index contributed by atoms with van der Waals surface area (Å²) in [6, 6.07) is 7.23. The van der Waals surface area contributed by atoms with Crippen LogP contribution in [0.3, 0.4) is 0 Å². The highest BCUT2D eigenvalue weighted by molar-refractivity contribution is 5.90. The second-order valence-electron chi connectivity index (χ2n) is 7.10. The molecule has 0 spiro atoms. The molecule has 0 aliphatic heterocycles. The van der Waals surface area contributed by atoms with Crippen molar-refractivity contribution in [3.63, 3.8) is 0 Å². The van der Waals surface area contributed by atoms with Gasteiger partial charge in [-0.1, -0.05) is 29.8 Å². The van der Waals surface area contributed by atoms with Crippen LogP contribution in [-0.4, -0.2) is 29.5 Å². The molecule has 3 N–H and O–H groups in total. The van der Waals surface area contributed by atoms with Crippen LogP contribution in [0, 0.1) is 30.1 Å². The molecular weight excluding hydrogens is 336 g/mol. The SMILES string of the molecule is Cc1ccc(OCC(=O)NNC(=O)[C@@H]2[C@H]3C=C[C@@H](C3)[C@@]2(C)C(=O)O)cc1. The Morgan fingerprint density at radius 1 is 1.19 bits per heavy atom. The van der Waals surface area contributed by atoms with Crippen LogP contribution < -0.4 is 15.6 Å². The van der Waals surface area contributed by atoms with Crippen LogP contribution >= 0.6 is 0 Å².